The molecule has 26 heavy (non-hydrogen) atoms. The van der Waals surface area contributed by atoms with Crippen molar-refractivity contribution in [1.82, 2.24) is 9.80 Å². The van der Waals surface area contributed by atoms with Crippen molar-refractivity contribution in [3.8, 4) is 5.75 Å². The van der Waals surface area contributed by atoms with Gasteiger partial charge in [-0.1, -0.05) is 0 Å². The largest absolute Gasteiger partial charge is 0.491 e. The topological polar surface area (TPSA) is 59.1 Å². The van der Waals surface area contributed by atoms with E-state index in [4.69, 9.17) is 9.47 Å². The first kappa shape index (κ1) is 20.6. The number of halogens is 1. The summed E-state index contributed by atoms with van der Waals surface area (Å²) >= 11 is 3.44. The number of benzene rings is 1. The van der Waals surface area contributed by atoms with Crippen molar-refractivity contribution in [3.05, 3.63) is 28.2 Å². The van der Waals surface area contributed by atoms with E-state index in [-0.39, 0.29) is 18.1 Å². The van der Waals surface area contributed by atoms with Gasteiger partial charge in [0.1, 0.15) is 11.4 Å². The van der Waals surface area contributed by atoms with Gasteiger partial charge in [-0.25, -0.2) is 4.79 Å². The van der Waals surface area contributed by atoms with Crippen LogP contribution in [0.25, 0.3) is 0 Å². The zero-order valence-corrected chi connectivity index (χ0v) is 17.6. The SMILES string of the molecule is CC(C)Oc1ccc(Br)c(C(=O)N2CCN(C(=O)OC(C)(C)C)CC2)c1. The van der Waals surface area contributed by atoms with Gasteiger partial charge in [-0.15, -0.1) is 0 Å². The van der Waals surface area contributed by atoms with Crippen LogP contribution in [0.5, 0.6) is 5.75 Å². The minimum absolute atomic E-state index is 0.0384. The van der Waals surface area contributed by atoms with Crippen LogP contribution in [0.1, 0.15) is 45.0 Å². The van der Waals surface area contributed by atoms with Gasteiger partial charge in [-0.05, 0) is 68.7 Å². The molecule has 0 aromatic heterocycles. The maximum absolute atomic E-state index is 12.9. The molecule has 0 N–H and O–H groups in total. The normalized spacial score (nSPS) is 15.2. The lowest BCUT2D eigenvalue weighted by molar-refractivity contribution is 0.0140. The maximum atomic E-state index is 12.9. The van der Waals surface area contributed by atoms with E-state index in [1.807, 2.05) is 46.8 Å². The molecule has 6 nitrogen and oxygen atoms in total. The van der Waals surface area contributed by atoms with E-state index in [9.17, 15) is 9.59 Å². The Morgan fingerprint density at radius 3 is 2.19 bits per heavy atom. The lowest BCUT2D eigenvalue weighted by Crippen LogP contribution is -2.51. The number of piperazine rings is 1. The van der Waals surface area contributed by atoms with Crippen LogP contribution in [-0.2, 0) is 4.74 Å². The number of hydrogen-bond donors (Lipinski definition) is 0. The van der Waals surface area contributed by atoms with Crippen molar-refractivity contribution in [2.24, 2.45) is 0 Å². The first-order chi connectivity index (χ1) is 12.1. The van der Waals surface area contributed by atoms with Gasteiger partial charge >= 0.3 is 6.09 Å². The molecular formula is C19H27BrN2O4. The molecule has 0 saturated carbocycles. The number of hydrogen-bond acceptors (Lipinski definition) is 4. The van der Waals surface area contributed by atoms with Gasteiger partial charge in [0, 0.05) is 30.7 Å². The van der Waals surface area contributed by atoms with Crippen LogP contribution in [0.3, 0.4) is 0 Å². The average Bonchev–Trinajstić information content (AvgIpc) is 2.54. The van der Waals surface area contributed by atoms with E-state index >= 15 is 0 Å². The fraction of sp³-hybridized carbons (Fsp3) is 0.579. The van der Waals surface area contributed by atoms with Crippen LogP contribution in [-0.4, -0.2) is 59.7 Å². The molecule has 1 aromatic carbocycles. The Morgan fingerprint density at radius 2 is 1.65 bits per heavy atom. The number of carbonyl (C=O) groups excluding carboxylic acids is 2. The number of rotatable bonds is 3. The molecule has 0 bridgehead atoms. The predicted octanol–water partition coefficient (Wildman–Crippen LogP) is 3.93. The second-order valence-corrected chi connectivity index (χ2v) is 8.42. The molecule has 2 amide bonds. The summed E-state index contributed by atoms with van der Waals surface area (Å²) in [6.07, 6.45) is -0.297. The minimum atomic E-state index is -0.522. The molecule has 2 rings (SSSR count). The van der Waals surface area contributed by atoms with Crippen LogP contribution in [0.2, 0.25) is 0 Å². The fourth-order valence-corrected chi connectivity index (χ4v) is 3.02. The molecule has 0 spiro atoms. The lowest BCUT2D eigenvalue weighted by atomic mass is 10.1. The van der Waals surface area contributed by atoms with Crippen molar-refractivity contribution >= 4 is 27.9 Å². The molecule has 1 heterocycles. The predicted molar refractivity (Wildman–Crippen MR) is 104 cm³/mol. The van der Waals surface area contributed by atoms with Gasteiger partial charge in [0.2, 0.25) is 0 Å². The summed E-state index contributed by atoms with van der Waals surface area (Å²) in [5, 5.41) is 0. The summed E-state index contributed by atoms with van der Waals surface area (Å²) in [7, 11) is 0. The van der Waals surface area contributed by atoms with E-state index in [0.717, 1.165) is 4.47 Å². The van der Waals surface area contributed by atoms with Gasteiger partial charge in [0.05, 0.1) is 11.7 Å². The average molecular weight is 427 g/mol. The standard InChI is InChI=1S/C19H27BrN2O4/c1-13(2)25-14-6-7-16(20)15(12-14)17(23)21-8-10-22(11-9-21)18(24)26-19(3,4)5/h6-7,12-13H,8-11H2,1-5H3. The van der Waals surface area contributed by atoms with E-state index in [1.54, 1.807) is 15.9 Å². The Hall–Kier alpha value is -1.76. The lowest BCUT2D eigenvalue weighted by Gasteiger charge is -2.35. The van der Waals surface area contributed by atoms with E-state index in [1.165, 1.54) is 0 Å². The first-order valence-electron chi connectivity index (χ1n) is 8.80. The molecule has 1 aliphatic rings. The highest BCUT2D eigenvalue weighted by atomic mass is 79.9. The molecule has 0 radical (unpaired) electrons. The fourth-order valence-electron chi connectivity index (χ4n) is 2.60. The zero-order valence-electron chi connectivity index (χ0n) is 16.0. The smallest absolute Gasteiger partial charge is 0.410 e. The quantitative estimate of drug-likeness (QED) is 0.734. The number of amides is 2. The van der Waals surface area contributed by atoms with Crippen molar-refractivity contribution in [2.45, 2.75) is 46.3 Å². The van der Waals surface area contributed by atoms with E-state index in [2.05, 4.69) is 15.9 Å². The van der Waals surface area contributed by atoms with E-state index < -0.39 is 5.60 Å². The summed E-state index contributed by atoms with van der Waals surface area (Å²) in [6.45, 7) is 11.3. The molecular weight excluding hydrogens is 400 g/mol. The van der Waals surface area contributed by atoms with Gasteiger partial charge in [0.15, 0.2) is 0 Å². The second-order valence-electron chi connectivity index (χ2n) is 7.57. The van der Waals surface area contributed by atoms with Crippen molar-refractivity contribution in [2.75, 3.05) is 26.2 Å². The third kappa shape index (κ3) is 5.62. The molecule has 144 valence electrons. The third-order valence-corrected chi connectivity index (χ3v) is 4.45. The Labute approximate surface area is 163 Å². The Balaban J connectivity index is 2.01. The first-order valence-corrected chi connectivity index (χ1v) is 9.59. The van der Waals surface area contributed by atoms with Crippen LogP contribution < -0.4 is 4.74 Å². The van der Waals surface area contributed by atoms with Gasteiger partial charge < -0.3 is 19.3 Å². The Bertz CT molecular complexity index is 662. The minimum Gasteiger partial charge on any atom is -0.491 e. The third-order valence-electron chi connectivity index (χ3n) is 3.76. The van der Waals surface area contributed by atoms with Crippen LogP contribution in [0, 0.1) is 0 Å². The molecule has 0 aliphatic carbocycles. The molecule has 1 aromatic rings. The second kappa shape index (κ2) is 8.29. The van der Waals surface area contributed by atoms with Crippen LogP contribution in [0.15, 0.2) is 22.7 Å². The van der Waals surface area contributed by atoms with Crippen LogP contribution >= 0.6 is 15.9 Å². The number of ether oxygens (including phenoxy) is 2. The number of nitrogens with zero attached hydrogens (tertiary/aromatic N) is 2. The number of carbonyl (C=O) groups is 2. The van der Waals surface area contributed by atoms with Crippen LogP contribution in [0.4, 0.5) is 4.79 Å². The van der Waals surface area contributed by atoms with Crippen molar-refractivity contribution in [3.63, 3.8) is 0 Å². The summed E-state index contributed by atoms with van der Waals surface area (Å²) in [4.78, 5) is 28.4. The summed E-state index contributed by atoms with van der Waals surface area (Å²) in [5.74, 6) is 0.592. The van der Waals surface area contributed by atoms with Crippen molar-refractivity contribution in [1.29, 1.82) is 0 Å². The van der Waals surface area contributed by atoms with Gasteiger partial charge in [0.25, 0.3) is 5.91 Å². The molecule has 1 saturated heterocycles. The molecule has 1 aliphatic heterocycles. The maximum Gasteiger partial charge on any atom is 0.410 e. The highest BCUT2D eigenvalue weighted by Crippen LogP contribution is 2.25. The highest BCUT2D eigenvalue weighted by Gasteiger charge is 2.28. The molecule has 0 atom stereocenters. The molecule has 1 fully saturated rings. The Morgan fingerprint density at radius 1 is 1.08 bits per heavy atom. The van der Waals surface area contributed by atoms with Gasteiger partial charge in [-0.3, -0.25) is 4.79 Å². The zero-order chi connectivity index (χ0) is 19.5. The summed E-state index contributed by atoms with van der Waals surface area (Å²) in [6, 6.07) is 5.41. The monoisotopic (exact) mass is 426 g/mol. The highest BCUT2D eigenvalue weighted by molar-refractivity contribution is 9.10. The molecule has 7 heteroatoms. The van der Waals surface area contributed by atoms with Gasteiger partial charge in [-0.2, -0.15) is 0 Å². The summed E-state index contributed by atoms with van der Waals surface area (Å²) < 4.78 is 11.8. The summed E-state index contributed by atoms with van der Waals surface area (Å²) in [5.41, 5.74) is 0.0417. The molecule has 0 unspecified atom stereocenters. The van der Waals surface area contributed by atoms with E-state index in [0.29, 0.717) is 37.5 Å². The Kier molecular flexibility index (Phi) is 6.55. The van der Waals surface area contributed by atoms with Crippen molar-refractivity contribution < 1.29 is 19.1 Å².